The fraction of sp³-hybridized carbons (Fsp3) is 0.774. The highest BCUT2D eigenvalue weighted by Crippen LogP contribution is 2.31. The number of sulfonamides is 1. The normalized spacial score (nSPS) is 21.0. The molecule has 13 nitrogen and oxygen atoms in total. The van der Waals surface area contributed by atoms with Crippen molar-refractivity contribution >= 4 is 51.2 Å². The van der Waals surface area contributed by atoms with Crippen molar-refractivity contribution in [2.24, 2.45) is 11.3 Å². The first-order chi connectivity index (χ1) is 22.5. The van der Waals surface area contributed by atoms with Gasteiger partial charge in [-0.1, -0.05) is 46.1 Å². The molecule has 1 heterocycles. The van der Waals surface area contributed by atoms with Crippen molar-refractivity contribution in [3.05, 3.63) is 12.7 Å². The smallest absolute Gasteiger partial charge is 0.346 e. The number of hydrogen-bond donors (Lipinski definition) is 4. The summed E-state index contributed by atoms with van der Waals surface area (Å²) in [5.74, 6) is -4.40. The number of hydrogen-bond acceptors (Lipinski definition) is 7. The van der Waals surface area contributed by atoms with E-state index in [0.29, 0.717) is 12.8 Å². The number of ketones is 1. The van der Waals surface area contributed by atoms with Crippen molar-refractivity contribution in [1.29, 1.82) is 0 Å². The summed E-state index contributed by atoms with van der Waals surface area (Å²) in [4.78, 5) is 67.5. The minimum absolute atomic E-state index is 0.0417. The van der Waals surface area contributed by atoms with Crippen molar-refractivity contribution in [3.8, 4) is 0 Å². The lowest BCUT2D eigenvalue weighted by Gasteiger charge is -2.37. The molecule has 2 fully saturated rings. The Morgan fingerprint density at radius 1 is 1.04 bits per heavy atom. The molecule has 5 amide bonds. The molecule has 0 aromatic rings. The van der Waals surface area contributed by atoms with Crippen molar-refractivity contribution < 1.29 is 45.6 Å². The minimum atomic E-state index is -4.68. The Kier molecular flexibility index (Phi) is 15.4. The summed E-state index contributed by atoms with van der Waals surface area (Å²) in [6, 6.07) is -5.63. The number of carbonyl (C=O) groups is 5. The molecule has 2 rings (SSSR count). The second-order valence-electron chi connectivity index (χ2n) is 13.9. The molecule has 1 saturated heterocycles. The average Bonchev–Trinajstić information content (AvgIpc) is 3.40. The second-order valence-corrected chi connectivity index (χ2v) is 16.6. The maximum Gasteiger partial charge on any atom is 0.389 e. The van der Waals surface area contributed by atoms with Crippen LogP contribution < -0.4 is 21.3 Å². The molecule has 49 heavy (non-hydrogen) atoms. The molecule has 4 N–H and O–H groups in total. The Morgan fingerprint density at radius 2 is 1.65 bits per heavy atom. The number of likely N-dealkylation sites (tertiary alicyclic amines) is 1. The third-order valence-corrected chi connectivity index (χ3v) is 10.4. The highest BCUT2D eigenvalue weighted by Gasteiger charge is 2.45. The Hall–Kier alpha value is -2.92. The highest BCUT2D eigenvalue weighted by atomic mass is 35.5. The summed E-state index contributed by atoms with van der Waals surface area (Å²) in [7, 11) is -2.18. The summed E-state index contributed by atoms with van der Waals surface area (Å²) in [6.45, 7) is 8.58. The lowest BCUT2D eigenvalue weighted by molar-refractivity contribution is -0.147. The third-order valence-electron chi connectivity index (χ3n) is 8.85. The monoisotopic (exact) mass is 742 g/mol. The van der Waals surface area contributed by atoms with Gasteiger partial charge in [0.2, 0.25) is 27.6 Å². The molecule has 1 aliphatic heterocycles. The van der Waals surface area contributed by atoms with E-state index in [1.54, 1.807) is 0 Å². The average molecular weight is 743 g/mol. The molecule has 1 unspecified atom stereocenters. The maximum atomic E-state index is 14.2. The Bertz CT molecular complexity index is 1320. The fourth-order valence-electron chi connectivity index (χ4n) is 5.83. The lowest BCUT2D eigenvalue weighted by Crippen LogP contribution is -2.60. The molecular weight excluding hydrogens is 693 g/mol. The van der Waals surface area contributed by atoms with Gasteiger partial charge in [-0.25, -0.2) is 17.5 Å². The summed E-state index contributed by atoms with van der Waals surface area (Å²) < 4.78 is 64.6. The summed E-state index contributed by atoms with van der Waals surface area (Å²) in [6.07, 6.45) is -1.11. The topological polar surface area (TPSA) is 174 Å². The SMILES string of the molecule is C=CCNC(=O)C(=O)C(CCC(F)(F)F)NC(=O)[C@@H]1C[C@@H](Cl)CN1C(=O)[C@@H](NC(=O)N[C@H](CN(C)S(C)(=O)=O)C(C)(C)C)C1CCCCC1. The first-order valence-electron chi connectivity index (χ1n) is 16.3. The lowest BCUT2D eigenvalue weighted by atomic mass is 9.83. The molecule has 0 spiro atoms. The second kappa shape index (κ2) is 17.8. The van der Waals surface area contributed by atoms with E-state index >= 15 is 0 Å². The van der Waals surface area contributed by atoms with Crippen LogP contribution in [-0.4, -0.2) is 116 Å². The van der Waals surface area contributed by atoms with E-state index < -0.39 is 93.5 Å². The van der Waals surface area contributed by atoms with E-state index in [9.17, 15) is 45.6 Å². The summed E-state index contributed by atoms with van der Waals surface area (Å²) >= 11 is 6.40. The number of rotatable bonds is 15. The number of Topliss-reactive ketones (excluding diaryl/α,β-unsaturated/α-hetero) is 1. The number of nitrogens with zero attached hydrogens (tertiary/aromatic N) is 2. The largest absolute Gasteiger partial charge is 0.389 e. The van der Waals surface area contributed by atoms with Gasteiger partial charge in [-0.3, -0.25) is 19.2 Å². The van der Waals surface area contributed by atoms with Gasteiger partial charge < -0.3 is 26.2 Å². The van der Waals surface area contributed by atoms with Gasteiger partial charge in [0.25, 0.3) is 5.91 Å². The predicted molar refractivity (Wildman–Crippen MR) is 178 cm³/mol. The van der Waals surface area contributed by atoms with Crippen LogP contribution in [0.15, 0.2) is 12.7 Å². The molecule has 280 valence electrons. The predicted octanol–water partition coefficient (Wildman–Crippen LogP) is 2.45. The van der Waals surface area contributed by atoms with E-state index in [4.69, 9.17) is 11.6 Å². The minimum Gasteiger partial charge on any atom is -0.346 e. The van der Waals surface area contributed by atoms with Crippen LogP contribution in [0.25, 0.3) is 0 Å². The zero-order valence-corrected chi connectivity index (χ0v) is 30.3. The van der Waals surface area contributed by atoms with Crippen LogP contribution in [0.1, 0.15) is 72.1 Å². The van der Waals surface area contributed by atoms with Gasteiger partial charge in [0.1, 0.15) is 12.1 Å². The maximum absolute atomic E-state index is 14.2. The van der Waals surface area contributed by atoms with Gasteiger partial charge >= 0.3 is 12.2 Å². The van der Waals surface area contributed by atoms with Gasteiger partial charge in [0, 0.05) is 39.1 Å². The van der Waals surface area contributed by atoms with E-state index in [2.05, 4.69) is 27.8 Å². The van der Waals surface area contributed by atoms with Crippen molar-refractivity contribution in [3.63, 3.8) is 0 Å². The van der Waals surface area contributed by atoms with E-state index in [1.807, 2.05) is 20.8 Å². The van der Waals surface area contributed by atoms with Crippen LogP contribution in [0.3, 0.4) is 0 Å². The van der Waals surface area contributed by atoms with Crippen LogP contribution in [-0.2, 0) is 29.2 Å². The number of urea groups is 1. The standard InChI is InChI=1S/C31H50ClF3N6O7S/c1-7-15-36-27(44)25(42)21(13-14-31(33,34)35)37-26(43)22-16-20(32)17-41(22)28(45)24(19-11-9-8-10-12-19)39-29(46)38-23(30(2,3)4)18-40(5)49(6,47)48/h7,19-24H,1,8-18H2,2-6H3,(H,36,44)(H,37,43)(H2,38,39,46)/t20-,21?,22+,23-,24+/m1/s1. The molecule has 18 heteroatoms. The molecular formula is C31H50ClF3N6O7S. The fourth-order valence-corrected chi connectivity index (χ4v) is 6.57. The first kappa shape index (κ1) is 42.2. The highest BCUT2D eigenvalue weighted by molar-refractivity contribution is 7.88. The molecule has 1 aliphatic carbocycles. The number of likely N-dealkylation sites (N-methyl/N-ethyl adjacent to an activating group) is 1. The zero-order chi connectivity index (χ0) is 37.3. The van der Waals surface area contributed by atoms with Crippen molar-refractivity contribution in [2.75, 3.05) is 32.9 Å². The van der Waals surface area contributed by atoms with Crippen LogP contribution in [0, 0.1) is 11.3 Å². The summed E-state index contributed by atoms with van der Waals surface area (Å²) in [5, 5.41) is 9.27. The summed E-state index contributed by atoms with van der Waals surface area (Å²) in [5.41, 5.74) is -0.590. The van der Waals surface area contributed by atoms with Crippen LogP contribution >= 0.6 is 11.6 Å². The van der Waals surface area contributed by atoms with E-state index in [-0.39, 0.29) is 32.0 Å². The van der Waals surface area contributed by atoms with Gasteiger partial charge in [-0.2, -0.15) is 13.2 Å². The Balaban J connectivity index is 2.34. The van der Waals surface area contributed by atoms with Gasteiger partial charge in [-0.15, -0.1) is 18.2 Å². The van der Waals surface area contributed by atoms with Crippen LogP contribution in [0.2, 0.25) is 0 Å². The number of alkyl halides is 4. The Morgan fingerprint density at radius 3 is 2.18 bits per heavy atom. The number of carbonyl (C=O) groups excluding carboxylic acids is 5. The molecule has 0 radical (unpaired) electrons. The molecule has 0 aromatic carbocycles. The number of nitrogens with one attached hydrogen (secondary N) is 4. The zero-order valence-electron chi connectivity index (χ0n) is 28.7. The molecule has 2 aliphatic rings. The molecule has 5 atom stereocenters. The first-order valence-corrected chi connectivity index (χ1v) is 18.6. The van der Waals surface area contributed by atoms with Crippen molar-refractivity contribution in [2.45, 2.75) is 108 Å². The Labute approximate surface area is 291 Å². The third kappa shape index (κ3) is 13.4. The van der Waals surface area contributed by atoms with Crippen molar-refractivity contribution in [1.82, 2.24) is 30.5 Å². The molecule has 0 bridgehead atoms. The van der Waals surface area contributed by atoms with Gasteiger partial charge in [0.05, 0.1) is 17.7 Å². The van der Waals surface area contributed by atoms with Crippen LogP contribution in [0.5, 0.6) is 0 Å². The molecule has 0 aromatic heterocycles. The molecule has 1 saturated carbocycles. The quantitative estimate of drug-likeness (QED) is 0.113. The number of halogens is 4. The van der Waals surface area contributed by atoms with E-state index in [1.165, 1.54) is 13.1 Å². The van der Waals surface area contributed by atoms with Crippen LogP contribution in [0.4, 0.5) is 18.0 Å². The number of amides is 5. The van der Waals surface area contributed by atoms with Gasteiger partial charge in [-0.05, 0) is 37.0 Å². The van der Waals surface area contributed by atoms with E-state index in [0.717, 1.165) is 34.7 Å². The van der Waals surface area contributed by atoms with Gasteiger partial charge in [0.15, 0.2) is 0 Å².